The summed E-state index contributed by atoms with van der Waals surface area (Å²) in [4.78, 5) is 0. The molecular formula is C18H29BrFN. The molecule has 1 rings (SSSR count). The van der Waals surface area contributed by atoms with E-state index in [1.54, 1.807) is 6.07 Å². The van der Waals surface area contributed by atoms with Crippen molar-refractivity contribution in [3.8, 4) is 0 Å². The molecule has 1 aromatic carbocycles. The fraction of sp³-hybridized carbons (Fsp3) is 0.667. The van der Waals surface area contributed by atoms with E-state index in [2.05, 4.69) is 28.2 Å². The Balaban J connectivity index is 2.27. The molecule has 0 radical (unpaired) electrons. The highest BCUT2D eigenvalue weighted by atomic mass is 79.9. The zero-order chi connectivity index (χ0) is 15.5. The van der Waals surface area contributed by atoms with Crippen LogP contribution in [0.1, 0.15) is 76.3 Å². The Bertz CT molecular complexity index is 395. The van der Waals surface area contributed by atoms with Crippen molar-refractivity contribution in [2.75, 3.05) is 7.05 Å². The Morgan fingerprint density at radius 2 is 1.67 bits per heavy atom. The molecule has 1 N–H and O–H groups in total. The summed E-state index contributed by atoms with van der Waals surface area (Å²) in [6.07, 6.45) is 11.7. The minimum Gasteiger partial charge on any atom is -0.313 e. The lowest BCUT2D eigenvalue weighted by atomic mass is 9.99. The van der Waals surface area contributed by atoms with Crippen LogP contribution in [0.5, 0.6) is 0 Å². The first-order chi connectivity index (χ1) is 10.2. The number of rotatable bonds is 11. The Morgan fingerprint density at radius 3 is 2.29 bits per heavy atom. The summed E-state index contributed by atoms with van der Waals surface area (Å²) in [5.41, 5.74) is 1.03. The molecule has 120 valence electrons. The Hall–Kier alpha value is -0.410. The molecule has 0 aliphatic rings. The molecule has 0 saturated carbocycles. The zero-order valence-corrected chi connectivity index (χ0v) is 15.0. The van der Waals surface area contributed by atoms with Crippen LogP contribution in [0.25, 0.3) is 0 Å². The fourth-order valence-corrected chi connectivity index (χ4v) is 3.27. The zero-order valence-electron chi connectivity index (χ0n) is 13.4. The van der Waals surface area contributed by atoms with E-state index in [4.69, 9.17) is 0 Å². The van der Waals surface area contributed by atoms with Crippen LogP contribution >= 0.6 is 15.9 Å². The summed E-state index contributed by atoms with van der Waals surface area (Å²) < 4.78 is 14.2. The number of unbranched alkanes of at least 4 members (excludes halogenated alkanes) is 7. The molecule has 3 heteroatoms. The van der Waals surface area contributed by atoms with Crippen molar-refractivity contribution in [3.63, 3.8) is 0 Å². The SMILES string of the molecule is CCCCCCCCCCC(NC)c1cccc(F)c1Br. The first-order valence-corrected chi connectivity index (χ1v) is 9.11. The number of hydrogen-bond acceptors (Lipinski definition) is 1. The van der Waals surface area contributed by atoms with Crippen molar-refractivity contribution < 1.29 is 4.39 Å². The van der Waals surface area contributed by atoms with Gasteiger partial charge in [-0.3, -0.25) is 0 Å². The van der Waals surface area contributed by atoms with Gasteiger partial charge in [-0.1, -0.05) is 70.4 Å². The molecule has 21 heavy (non-hydrogen) atoms. The Labute approximate surface area is 137 Å². The van der Waals surface area contributed by atoms with E-state index in [1.807, 2.05) is 13.1 Å². The summed E-state index contributed by atoms with van der Waals surface area (Å²) in [5, 5.41) is 3.31. The van der Waals surface area contributed by atoms with Gasteiger partial charge < -0.3 is 5.32 Å². The number of hydrogen-bond donors (Lipinski definition) is 1. The lowest BCUT2D eigenvalue weighted by Crippen LogP contribution is -2.17. The Morgan fingerprint density at radius 1 is 1.05 bits per heavy atom. The highest BCUT2D eigenvalue weighted by Crippen LogP contribution is 2.29. The van der Waals surface area contributed by atoms with Gasteiger partial charge in [0.1, 0.15) is 5.82 Å². The third-order valence-electron chi connectivity index (χ3n) is 4.05. The van der Waals surface area contributed by atoms with Gasteiger partial charge in [0.05, 0.1) is 4.47 Å². The quantitative estimate of drug-likeness (QED) is 0.453. The molecule has 0 saturated heterocycles. The number of benzene rings is 1. The third-order valence-corrected chi connectivity index (χ3v) is 4.89. The van der Waals surface area contributed by atoms with E-state index in [0.29, 0.717) is 4.47 Å². The van der Waals surface area contributed by atoms with Gasteiger partial charge in [-0.25, -0.2) is 4.39 Å². The van der Waals surface area contributed by atoms with E-state index in [-0.39, 0.29) is 11.9 Å². The second-order valence-corrected chi connectivity index (χ2v) is 6.54. The van der Waals surface area contributed by atoms with Crippen molar-refractivity contribution in [1.82, 2.24) is 5.32 Å². The maximum atomic E-state index is 13.6. The van der Waals surface area contributed by atoms with Crippen molar-refractivity contribution in [1.29, 1.82) is 0 Å². The van der Waals surface area contributed by atoms with Gasteiger partial charge >= 0.3 is 0 Å². The topological polar surface area (TPSA) is 12.0 Å². The molecule has 0 heterocycles. The first kappa shape index (κ1) is 18.6. The van der Waals surface area contributed by atoms with Crippen molar-refractivity contribution in [2.45, 2.75) is 70.8 Å². The number of halogens is 2. The maximum Gasteiger partial charge on any atom is 0.137 e. The predicted molar refractivity (Wildman–Crippen MR) is 93.1 cm³/mol. The van der Waals surface area contributed by atoms with E-state index in [1.165, 1.54) is 57.4 Å². The maximum absolute atomic E-state index is 13.6. The van der Waals surface area contributed by atoms with Crippen LogP contribution in [0.4, 0.5) is 4.39 Å². The molecule has 1 aromatic rings. The van der Waals surface area contributed by atoms with Gasteiger partial charge in [0.2, 0.25) is 0 Å². The molecule has 0 amide bonds. The average molecular weight is 358 g/mol. The monoisotopic (exact) mass is 357 g/mol. The summed E-state index contributed by atoms with van der Waals surface area (Å²) in [5.74, 6) is -0.177. The van der Waals surface area contributed by atoms with Crippen LogP contribution in [-0.4, -0.2) is 7.05 Å². The molecule has 0 aromatic heterocycles. The molecule has 0 bridgehead atoms. The molecule has 0 fully saturated rings. The fourth-order valence-electron chi connectivity index (χ4n) is 2.73. The van der Waals surface area contributed by atoms with Crippen LogP contribution in [0.15, 0.2) is 22.7 Å². The first-order valence-electron chi connectivity index (χ1n) is 8.31. The highest BCUT2D eigenvalue weighted by Gasteiger charge is 2.14. The molecular weight excluding hydrogens is 329 g/mol. The van der Waals surface area contributed by atoms with Gasteiger partial charge in [-0.15, -0.1) is 0 Å². The summed E-state index contributed by atoms with van der Waals surface area (Å²) in [6.45, 7) is 2.25. The van der Waals surface area contributed by atoms with E-state index >= 15 is 0 Å². The molecule has 1 atom stereocenters. The molecule has 0 aliphatic heterocycles. The van der Waals surface area contributed by atoms with Crippen molar-refractivity contribution >= 4 is 15.9 Å². The average Bonchev–Trinajstić information content (AvgIpc) is 2.49. The normalized spacial score (nSPS) is 12.6. The smallest absolute Gasteiger partial charge is 0.137 e. The van der Waals surface area contributed by atoms with Crippen LogP contribution in [0.3, 0.4) is 0 Å². The van der Waals surface area contributed by atoms with Gasteiger partial charge in [0.15, 0.2) is 0 Å². The molecule has 0 spiro atoms. The van der Waals surface area contributed by atoms with Crippen LogP contribution in [-0.2, 0) is 0 Å². The van der Waals surface area contributed by atoms with E-state index < -0.39 is 0 Å². The van der Waals surface area contributed by atoms with Crippen LogP contribution in [0.2, 0.25) is 0 Å². The second-order valence-electron chi connectivity index (χ2n) is 5.75. The van der Waals surface area contributed by atoms with E-state index in [0.717, 1.165) is 12.0 Å². The predicted octanol–water partition coefficient (Wildman–Crippen LogP) is 6.38. The standard InChI is InChI=1S/C18H29BrFN/c1-3-4-5-6-7-8-9-10-14-17(21-2)15-12-11-13-16(20)18(15)19/h11-13,17,21H,3-10,14H2,1-2H3. The van der Waals surface area contributed by atoms with Gasteiger partial charge in [-0.05, 0) is 41.0 Å². The highest BCUT2D eigenvalue weighted by molar-refractivity contribution is 9.10. The minimum atomic E-state index is -0.177. The Kier molecular flexibility index (Phi) is 9.94. The largest absolute Gasteiger partial charge is 0.313 e. The van der Waals surface area contributed by atoms with Crippen molar-refractivity contribution in [3.05, 3.63) is 34.1 Å². The number of nitrogens with one attached hydrogen (secondary N) is 1. The minimum absolute atomic E-state index is 0.177. The van der Waals surface area contributed by atoms with Gasteiger partial charge in [0.25, 0.3) is 0 Å². The van der Waals surface area contributed by atoms with Crippen LogP contribution < -0.4 is 5.32 Å². The summed E-state index contributed by atoms with van der Waals surface area (Å²) >= 11 is 3.36. The molecule has 1 nitrogen and oxygen atoms in total. The third kappa shape index (κ3) is 6.92. The lowest BCUT2D eigenvalue weighted by molar-refractivity contribution is 0.490. The van der Waals surface area contributed by atoms with Gasteiger partial charge in [0, 0.05) is 6.04 Å². The molecule has 1 unspecified atom stereocenters. The summed E-state index contributed by atoms with van der Waals surface area (Å²) in [6, 6.07) is 5.51. The van der Waals surface area contributed by atoms with Crippen molar-refractivity contribution in [2.24, 2.45) is 0 Å². The second kappa shape index (κ2) is 11.2. The van der Waals surface area contributed by atoms with Gasteiger partial charge in [-0.2, -0.15) is 0 Å². The molecule has 0 aliphatic carbocycles. The summed E-state index contributed by atoms with van der Waals surface area (Å²) in [7, 11) is 1.95. The van der Waals surface area contributed by atoms with E-state index in [9.17, 15) is 4.39 Å². The lowest BCUT2D eigenvalue weighted by Gasteiger charge is -2.18. The van der Waals surface area contributed by atoms with Crippen LogP contribution in [0, 0.1) is 5.82 Å².